The molecule has 0 aromatic rings. The van der Waals surface area contributed by atoms with E-state index in [0.717, 1.165) is 26.2 Å². The van der Waals surface area contributed by atoms with Gasteiger partial charge in [-0.15, -0.1) is 0 Å². The van der Waals surface area contributed by atoms with Gasteiger partial charge in [-0.3, -0.25) is 4.90 Å². The average molecular weight is 291 g/mol. The van der Waals surface area contributed by atoms with E-state index in [9.17, 15) is 8.42 Å². The first-order valence-corrected chi connectivity index (χ1v) is 8.73. The van der Waals surface area contributed by atoms with Gasteiger partial charge in [-0.2, -0.15) is 0 Å². The highest BCUT2D eigenvalue weighted by Gasteiger charge is 2.32. The summed E-state index contributed by atoms with van der Waals surface area (Å²) < 4.78 is 31.9. The number of fused-ring (bicyclic) bond motifs is 1. The van der Waals surface area contributed by atoms with E-state index in [1.54, 1.807) is 0 Å². The van der Waals surface area contributed by atoms with Gasteiger partial charge in [0.15, 0.2) is 0 Å². The van der Waals surface area contributed by atoms with Crippen molar-refractivity contribution in [3.05, 3.63) is 0 Å². The van der Waals surface area contributed by atoms with E-state index in [-0.39, 0.29) is 11.9 Å². The molecule has 2 rings (SSSR count). The van der Waals surface area contributed by atoms with Crippen LogP contribution in [0.1, 0.15) is 19.3 Å². The molecule has 0 spiro atoms. The summed E-state index contributed by atoms with van der Waals surface area (Å²) >= 11 is 0. The maximum absolute atomic E-state index is 11.8. The second-order valence-electron chi connectivity index (χ2n) is 5.37. The highest BCUT2D eigenvalue weighted by atomic mass is 32.2. The van der Waals surface area contributed by atoms with Gasteiger partial charge in [0.2, 0.25) is 10.0 Å². The topological polar surface area (TPSA) is 70.7 Å². The first-order chi connectivity index (χ1) is 9.11. The molecule has 2 atom stereocenters. The highest BCUT2D eigenvalue weighted by molar-refractivity contribution is 7.89. The molecule has 6 nitrogen and oxygen atoms in total. The van der Waals surface area contributed by atoms with Gasteiger partial charge in [-0.1, -0.05) is 0 Å². The Kier molecular flexibility index (Phi) is 5.58. The summed E-state index contributed by atoms with van der Waals surface area (Å²) in [4.78, 5) is 2.42. The Labute approximate surface area is 115 Å². The minimum absolute atomic E-state index is 0.00609. The van der Waals surface area contributed by atoms with Crippen LogP contribution < -0.4 is 10.0 Å². The number of ether oxygens (including phenoxy) is 1. The van der Waals surface area contributed by atoms with Crippen LogP contribution in [0, 0.1) is 0 Å². The molecule has 2 fully saturated rings. The number of hydrogen-bond donors (Lipinski definition) is 2. The largest absolute Gasteiger partial charge is 0.374 e. The van der Waals surface area contributed by atoms with Crippen molar-refractivity contribution in [2.45, 2.75) is 31.4 Å². The normalized spacial score (nSPS) is 28.5. The van der Waals surface area contributed by atoms with E-state index in [1.807, 2.05) is 7.05 Å². The van der Waals surface area contributed by atoms with Crippen molar-refractivity contribution in [2.75, 3.05) is 45.6 Å². The Morgan fingerprint density at radius 1 is 1.42 bits per heavy atom. The van der Waals surface area contributed by atoms with E-state index >= 15 is 0 Å². The quantitative estimate of drug-likeness (QED) is 0.612. The zero-order valence-corrected chi connectivity index (χ0v) is 12.4. The lowest BCUT2D eigenvalue weighted by atomic mass is 10.2. The molecule has 2 saturated heterocycles. The minimum Gasteiger partial charge on any atom is -0.374 e. The van der Waals surface area contributed by atoms with E-state index in [0.29, 0.717) is 19.0 Å². The molecule has 0 radical (unpaired) electrons. The number of hydrogen-bond acceptors (Lipinski definition) is 5. The first-order valence-electron chi connectivity index (χ1n) is 7.08. The van der Waals surface area contributed by atoms with Crippen molar-refractivity contribution in [1.29, 1.82) is 0 Å². The van der Waals surface area contributed by atoms with Gasteiger partial charge in [-0.05, 0) is 39.4 Å². The van der Waals surface area contributed by atoms with Gasteiger partial charge in [0.25, 0.3) is 0 Å². The molecule has 0 bridgehead atoms. The Hall–Kier alpha value is -0.210. The fourth-order valence-electron chi connectivity index (χ4n) is 2.74. The Morgan fingerprint density at radius 2 is 2.26 bits per heavy atom. The molecule has 19 heavy (non-hydrogen) atoms. The van der Waals surface area contributed by atoms with Crippen LogP contribution in [0.2, 0.25) is 0 Å². The second-order valence-corrected chi connectivity index (χ2v) is 7.30. The van der Waals surface area contributed by atoms with Crippen LogP contribution in [-0.4, -0.2) is 71.0 Å². The monoisotopic (exact) mass is 291 g/mol. The average Bonchev–Trinajstić information content (AvgIpc) is 2.84. The standard InChI is InChI=1S/C12H25N3O3S/c1-13-5-3-7-19(16,17)14-8-12-9-15-6-2-4-11(15)10-18-12/h11-14H,2-10H2,1H3. The van der Waals surface area contributed by atoms with E-state index in [1.165, 1.54) is 12.8 Å². The van der Waals surface area contributed by atoms with Crippen molar-refractivity contribution < 1.29 is 13.2 Å². The van der Waals surface area contributed by atoms with Gasteiger partial charge in [0.05, 0.1) is 18.5 Å². The van der Waals surface area contributed by atoms with Gasteiger partial charge < -0.3 is 10.1 Å². The van der Waals surface area contributed by atoms with E-state index in [4.69, 9.17) is 4.74 Å². The molecular formula is C12H25N3O3S. The summed E-state index contributed by atoms with van der Waals surface area (Å²) in [7, 11) is -1.34. The summed E-state index contributed by atoms with van der Waals surface area (Å²) in [5, 5.41) is 2.95. The predicted molar refractivity (Wildman–Crippen MR) is 74.7 cm³/mol. The van der Waals surface area contributed by atoms with Crippen LogP contribution in [0.25, 0.3) is 0 Å². The van der Waals surface area contributed by atoms with Crippen LogP contribution in [0.5, 0.6) is 0 Å². The lowest BCUT2D eigenvalue weighted by molar-refractivity contribution is -0.0448. The Morgan fingerprint density at radius 3 is 3.05 bits per heavy atom. The Balaban J connectivity index is 1.70. The SMILES string of the molecule is CNCCCS(=O)(=O)NCC1CN2CCCC2CO1. The lowest BCUT2D eigenvalue weighted by Crippen LogP contribution is -2.50. The van der Waals surface area contributed by atoms with Gasteiger partial charge in [0.1, 0.15) is 0 Å². The molecule has 2 aliphatic rings. The van der Waals surface area contributed by atoms with Crippen molar-refractivity contribution in [3.63, 3.8) is 0 Å². The summed E-state index contributed by atoms with van der Waals surface area (Å²) in [5.74, 6) is 0.174. The second kappa shape index (κ2) is 6.99. The van der Waals surface area contributed by atoms with E-state index in [2.05, 4.69) is 14.9 Å². The molecule has 0 aromatic heterocycles. The third kappa shape index (κ3) is 4.68. The zero-order valence-electron chi connectivity index (χ0n) is 11.6. The van der Waals surface area contributed by atoms with Gasteiger partial charge in [0, 0.05) is 19.1 Å². The molecule has 2 N–H and O–H groups in total. The number of rotatable bonds is 7. The molecule has 112 valence electrons. The minimum atomic E-state index is -3.16. The van der Waals surface area contributed by atoms with E-state index < -0.39 is 10.0 Å². The molecule has 2 unspecified atom stereocenters. The molecule has 2 aliphatic heterocycles. The third-order valence-corrected chi connectivity index (χ3v) is 5.26. The maximum Gasteiger partial charge on any atom is 0.211 e. The number of sulfonamides is 1. The van der Waals surface area contributed by atoms with Crippen molar-refractivity contribution in [1.82, 2.24) is 14.9 Å². The van der Waals surface area contributed by atoms with Crippen LogP contribution in [0.4, 0.5) is 0 Å². The van der Waals surface area contributed by atoms with Crippen LogP contribution in [-0.2, 0) is 14.8 Å². The highest BCUT2D eigenvalue weighted by Crippen LogP contribution is 2.22. The van der Waals surface area contributed by atoms with Crippen molar-refractivity contribution in [3.8, 4) is 0 Å². The van der Waals surface area contributed by atoms with Crippen LogP contribution in [0.15, 0.2) is 0 Å². The van der Waals surface area contributed by atoms with Crippen LogP contribution in [0.3, 0.4) is 0 Å². The summed E-state index contributed by atoms with van der Waals surface area (Å²) in [5.41, 5.74) is 0. The first kappa shape index (κ1) is 15.2. The summed E-state index contributed by atoms with van der Waals surface area (Å²) in [6.07, 6.45) is 3.07. The molecule has 7 heteroatoms. The number of morpholine rings is 1. The Bertz CT molecular complexity index is 374. The predicted octanol–water partition coefficient (Wildman–Crippen LogP) is -0.621. The summed E-state index contributed by atoms with van der Waals surface area (Å²) in [6, 6.07) is 0.559. The zero-order chi connectivity index (χ0) is 13.7. The summed E-state index contributed by atoms with van der Waals surface area (Å²) in [6.45, 7) is 3.83. The lowest BCUT2D eigenvalue weighted by Gasteiger charge is -2.35. The third-order valence-electron chi connectivity index (χ3n) is 3.83. The molecule has 0 aromatic carbocycles. The van der Waals surface area contributed by atoms with Gasteiger partial charge >= 0.3 is 0 Å². The van der Waals surface area contributed by atoms with Crippen molar-refractivity contribution >= 4 is 10.0 Å². The molecule has 2 heterocycles. The molecule has 0 saturated carbocycles. The molecule has 0 aliphatic carbocycles. The maximum atomic E-state index is 11.8. The molecular weight excluding hydrogens is 266 g/mol. The number of nitrogens with zero attached hydrogens (tertiary/aromatic N) is 1. The van der Waals surface area contributed by atoms with Crippen molar-refractivity contribution in [2.24, 2.45) is 0 Å². The molecule has 0 amide bonds. The fourth-order valence-corrected chi connectivity index (χ4v) is 3.85. The smallest absolute Gasteiger partial charge is 0.211 e. The fraction of sp³-hybridized carbons (Fsp3) is 1.00. The number of nitrogens with one attached hydrogen (secondary N) is 2. The van der Waals surface area contributed by atoms with Gasteiger partial charge in [-0.25, -0.2) is 13.1 Å². The van der Waals surface area contributed by atoms with Crippen LogP contribution >= 0.6 is 0 Å².